The zero-order chi connectivity index (χ0) is 21.4. The molecule has 0 heterocycles. The van der Waals surface area contributed by atoms with E-state index in [2.05, 4.69) is 64.3 Å². The van der Waals surface area contributed by atoms with Crippen LogP contribution in [0.15, 0.2) is 46.6 Å². The van der Waals surface area contributed by atoms with Crippen LogP contribution in [0.5, 0.6) is 0 Å². The molecule has 2 amide bonds. The molecule has 0 bridgehead atoms. The van der Waals surface area contributed by atoms with E-state index in [0.29, 0.717) is 13.1 Å². The molecule has 0 aromatic heterocycles. The molecule has 158 valence electrons. The molecule has 0 saturated heterocycles. The van der Waals surface area contributed by atoms with Gasteiger partial charge in [0.15, 0.2) is 0 Å². The quantitative estimate of drug-likeness (QED) is 0.416. The van der Waals surface area contributed by atoms with Crippen LogP contribution in [0.25, 0.3) is 0 Å². The summed E-state index contributed by atoms with van der Waals surface area (Å²) in [5.74, 6) is -0.172. The van der Waals surface area contributed by atoms with Gasteiger partial charge in [-0.2, -0.15) is 0 Å². The molecule has 0 spiro atoms. The molecule has 2 N–H and O–H groups in total. The molecule has 0 aliphatic carbocycles. The SMILES string of the molecule is CC(C)=CCC/C(C)=C/CNC(=O)CCC(=O)NC/C=C(\C)CCC=C(C)C. The summed E-state index contributed by atoms with van der Waals surface area (Å²) < 4.78 is 0. The van der Waals surface area contributed by atoms with Crippen LogP contribution < -0.4 is 10.6 Å². The van der Waals surface area contributed by atoms with Crippen molar-refractivity contribution in [3.63, 3.8) is 0 Å². The first-order valence-corrected chi connectivity index (χ1v) is 10.3. The van der Waals surface area contributed by atoms with Crippen LogP contribution in [0.1, 0.15) is 80.1 Å². The molecular formula is C24H40N2O2. The van der Waals surface area contributed by atoms with E-state index in [-0.39, 0.29) is 24.7 Å². The van der Waals surface area contributed by atoms with E-state index >= 15 is 0 Å². The number of carbonyl (C=O) groups excluding carboxylic acids is 2. The van der Waals surface area contributed by atoms with Crippen LogP contribution >= 0.6 is 0 Å². The molecule has 0 radical (unpaired) electrons. The van der Waals surface area contributed by atoms with Crippen molar-refractivity contribution in [2.45, 2.75) is 80.1 Å². The summed E-state index contributed by atoms with van der Waals surface area (Å²) in [6.07, 6.45) is 13.0. The highest BCUT2D eigenvalue weighted by atomic mass is 16.2. The lowest BCUT2D eigenvalue weighted by atomic mass is 10.1. The van der Waals surface area contributed by atoms with Crippen molar-refractivity contribution in [3.8, 4) is 0 Å². The monoisotopic (exact) mass is 388 g/mol. The van der Waals surface area contributed by atoms with Gasteiger partial charge in [0, 0.05) is 25.9 Å². The van der Waals surface area contributed by atoms with Gasteiger partial charge in [0.2, 0.25) is 11.8 Å². The lowest BCUT2D eigenvalue weighted by Crippen LogP contribution is -2.28. The Morgan fingerprint density at radius 3 is 1.25 bits per heavy atom. The predicted octanol–water partition coefficient (Wildman–Crippen LogP) is 5.38. The molecule has 4 heteroatoms. The fourth-order valence-corrected chi connectivity index (χ4v) is 2.46. The number of hydrogen-bond donors (Lipinski definition) is 2. The minimum absolute atomic E-state index is 0.0862. The summed E-state index contributed by atoms with van der Waals surface area (Å²) >= 11 is 0. The van der Waals surface area contributed by atoms with Gasteiger partial charge in [-0.3, -0.25) is 9.59 Å². The minimum Gasteiger partial charge on any atom is -0.353 e. The van der Waals surface area contributed by atoms with E-state index in [0.717, 1.165) is 25.7 Å². The number of carbonyl (C=O) groups is 2. The van der Waals surface area contributed by atoms with Crippen molar-refractivity contribution in [3.05, 3.63) is 46.6 Å². The van der Waals surface area contributed by atoms with Crippen LogP contribution in [0.2, 0.25) is 0 Å². The van der Waals surface area contributed by atoms with E-state index in [1.54, 1.807) is 0 Å². The summed E-state index contributed by atoms with van der Waals surface area (Å²) in [6.45, 7) is 13.6. The molecule has 0 rings (SSSR count). The Balaban J connectivity index is 3.92. The molecule has 0 aromatic carbocycles. The lowest BCUT2D eigenvalue weighted by Gasteiger charge is -2.05. The normalized spacial score (nSPS) is 11.6. The average molecular weight is 389 g/mol. The Bertz CT molecular complexity index is 548. The summed E-state index contributed by atoms with van der Waals surface area (Å²) in [4.78, 5) is 23.7. The predicted molar refractivity (Wildman–Crippen MR) is 120 cm³/mol. The Hall–Kier alpha value is -2.10. The van der Waals surface area contributed by atoms with Crippen molar-refractivity contribution >= 4 is 11.8 Å². The van der Waals surface area contributed by atoms with Crippen LogP contribution in [0.4, 0.5) is 0 Å². The molecule has 0 aliphatic rings. The Labute approximate surface area is 172 Å². The van der Waals surface area contributed by atoms with Crippen LogP contribution in [-0.4, -0.2) is 24.9 Å². The number of hydrogen-bond acceptors (Lipinski definition) is 2. The topological polar surface area (TPSA) is 58.2 Å². The van der Waals surface area contributed by atoms with E-state index in [9.17, 15) is 9.59 Å². The number of rotatable bonds is 13. The van der Waals surface area contributed by atoms with Gasteiger partial charge in [0.25, 0.3) is 0 Å². The first-order chi connectivity index (χ1) is 13.2. The minimum atomic E-state index is -0.0862. The third-order valence-corrected chi connectivity index (χ3v) is 4.26. The van der Waals surface area contributed by atoms with Crippen LogP contribution in [0.3, 0.4) is 0 Å². The first-order valence-electron chi connectivity index (χ1n) is 10.3. The third kappa shape index (κ3) is 17.3. The van der Waals surface area contributed by atoms with Gasteiger partial charge in [-0.1, -0.05) is 46.6 Å². The molecule has 0 aromatic rings. The highest BCUT2D eigenvalue weighted by Crippen LogP contribution is 2.06. The summed E-state index contributed by atoms with van der Waals surface area (Å²) in [5.41, 5.74) is 5.19. The molecule has 0 unspecified atom stereocenters. The van der Waals surface area contributed by atoms with Gasteiger partial charge < -0.3 is 10.6 Å². The molecule has 0 fully saturated rings. The van der Waals surface area contributed by atoms with E-state index < -0.39 is 0 Å². The molecule has 0 aliphatic heterocycles. The fourth-order valence-electron chi connectivity index (χ4n) is 2.46. The second-order valence-corrected chi connectivity index (χ2v) is 7.85. The second kappa shape index (κ2) is 15.9. The van der Waals surface area contributed by atoms with Crippen LogP contribution in [-0.2, 0) is 9.59 Å². The number of allylic oxidation sites excluding steroid dienone is 6. The van der Waals surface area contributed by atoms with Crippen molar-refractivity contribution < 1.29 is 9.59 Å². The average Bonchev–Trinajstić information content (AvgIpc) is 2.59. The maximum atomic E-state index is 11.8. The van der Waals surface area contributed by atoms with Gasteiger partial charge in [-0.25, -0.2) is 0 Å². The first kappa shape index (κ1) is 25.9. The Kier molecular flexibility index (Phi) is 14.7. The summed E-state index contributed by atoms with van der Waals surface area (Å²) in [7, 11) is 0. The van der Waals surface area contributed by atoms with Gasteiger partial charge >= 0.3 is 0 Å². The van der Waals surface area contributed by atoms with Crippen LogP contribution in [0, 0.1) is 0 Å². The molecule has 4 nitrogen and oxygen atoms in total. The van der Waals surface area contributed by atoms with E-state index in [1.807, 2.05) is 12.2 Å². The van der Waals surface area contributed by atoms with Gasteiger partial charge in [0.05, 0.1) is 0 Å². The standard InChI is InChI=1S/C24H40N2O2/c1-19(2)9-7-11-21(5)15-17-25-23(27)13-14-24(28)26-18-16-22(6)12-8-10-20(3)4/h9-10,15-16H,7-8,11-14,17-18H2,1-6H3,(H,25,27)(H,26,28)/b21-15+,22-16+. The highest BCUT2D eigenvalue weighted by molar-refractivity contribution is 5.83. The van der Waals surface area contributed by atoms with Crippen molar-refractivity contribution in [2.24, 2.45) is 0 Å². The molecular weight excluding hydrogens is 348 g/mol. The third-order valence-electron chi connectivity index (χ3n) is 4.26. The smallest absolute Gasteiger partial charge is 0.220 e. The van der Waals surface area contributed by atoms with Gasteiger partial charge in [-0.05, 0) is 67.2 Å². The number of amides is 2. The molecule has 28 heavy (non-hydrogen) atoms. The second-order valence-electron chi connectivity index (χ2n) is 7.85. The lowest BCUT2D eigenvalue weighted by molar-refractivity contribution is -0.126. The molecule has 0 atom stereocenters. The number of nitrogens with one attached hydrogen (secondary N) is 2. The zero-order valence-corrected chi connectivity index (χ0v) is 18.8. The van der Waals surface area contributed by atoms with Crippen molar-refractivity contribution in [2.75, 3.05) is 13.1 Å². The Morgan fingerprint density at radius 1 is 0.571 bits per heavy atom. The fraction of sp³-hybridized carbons (Fsp3) is 0.583. The summed E-state index contributed by atoms with van der Waals surface area (Å²) in [5, 5.41) is 5.69. The molecule has 0 saturated carbocycles. The van der Waals surface area contributed by atoms with Crippen molar-refractivity contribution in [1.82, 2.24) is 10.6 Å². The zero-order valence-electron chi connectivity index (χ0n) is 18.8. The van der Waals surface area contributed by atoms with E-state index in [4.69, 9.17) is 0 Å². The van der Waals surface area contributed by atoms with Gasteiger partial charge in [0.1, 0.15) is 0 Å². The maximum absolute atomic E-state index is 11.8. The maximum Gasteiger partial charge on any atom is 0.220 e. The highest BCUT2D eigenvalue weighted by Gasteiger charge is 2.05. The summed E-state index contributed by atoms with van der Waals surface area (Å²) in [6, 6.07) is 0. The van der Waals surface area contributed by atoms with Crippen molar-refractivity contribution in [1.29, 1.82) is 0 Å². The Morgan fingerprint density at radius 2 is 0.929 bits per heavy atom. The van der Waals surface area contributed by atoms with Gasteiger partial charge in [-0.15, -0.1) is 0 Å². The van der Waals surface area contributed by atoms with E-state index in [1.165, 1.54) is 22.3 Å². The largest absolute Gasteiger partial charge is 0.353 e.